The van der Waals surface area contributed by atoms with E-state index in [9.17, 15) is 44.3 Å². The van der Waals surface area contributed by atoms with E-state index in [-0.39, 0.29) is 24.7 Å². The molecule has 1 atom stereocenters. The minimum atomic E-state index is -6.54. The number of alkyl halides is 9. The first-order valence-electron chi connectivity index (χ1n) is 8.71. The average Bonchev–Trinajstić information content (AvgIpc) is 2.66. The zero-order valence-corrected chi connectivity index (χ0v) is 15.0. The summed E-state index contributed by atoms with van der Waals surface area (Å²) in [5.74, 6) is -13.0. The molecule has 0 N–H and O–H groups in total. The van der Waals surface area contributed by atoms with Gasteiger partial charge < -0.3 is 9.64 Å². The van der Waals surface area contributed by atoms with Gasteiger partial charge in [0.25, 0.3) is 6.43 Å². The van der Waals surface area contributed by atoms with Crippen LogP contribution in [0, 0.1) is 0 Å². The molecule has 2 aliphatic heterocycles. The van der Waals surface area contributed by atoms with Crippen LogP contribution in [0.3, 0.4) is 0 Å². The van der Waals surface area contributed by atoms with Gasteiger partial charge in [0.2, 0.25) is 5.91 Å². The molecule has 0 saturated carbocycles. The van der Waals surface area contributed by atoms with Crippen molar-refractivity contribution in [1.29, 1.82) is 0 Å². The smallest absolute Gasteiger partial charge is 0.460 e. The Morgan fingerprint density at radius 3 is 2.27 bits per heavy atom. The zero-order valence-electron chi connectivity index (χ0n) is 15.0. The molecule has 0 aromatic heterocycles. The lowest BCUT2D eigenvalue weighted by atomic mass is 9.95. The van der Waals surface area contributed by atoms with Crippen molar-refractivity contribution in [3.63, 3.8) is 0 Å². The van der Waals surface area contributed by atoms with Crippen LogP contribution < -0.4 is 4.74 Å². The highest BCUT2D eigenvalue weighted by Gasteiger charge is 2.73. The summed E-state index contributed by atoms with van der Waals surface area (Å²) in [6.45, 7) is 0.0411. The molecule has 166 valence electrons. The van der Waals surface area contributed by atoms with Gasteiger partial charge >= 0.3 is 18.0 Å². The van der Waals surface area contributed by atoms with E-state index in [1.54, 1.807) is 0 Å². The maximum Gasteiger partial charge on any atom is 0.460 e. The molecule has 0 bridgehead atoms. The summed E-state index contributed by atoms with van der Waals surface area (Å²) in [4.78, 5) is 13.2. The molecule has 30 heavy (non-hydrogen) atoms. The van der Waals surface area contributed by atoms with Crippen molar-refractivity contribution >= 4 is 11.6 Å². The first-order valence-corrected chi connectivity index (χ1v) is 8.71. The van der Waals surface area contributed by atoms with Crippen molar-refractivity contribution in [3.8, 4) is 5.75 Å². The van der Waals surface area contributed by atoms with Gasteiger partial charge in [0, 0.05) is 24.1 Å². The van der Waals surface area contributed by atoms with Gasteiger partial charge in [0.15, 0.2) is 6.10 Å². The van der Waals surface area contributed by atoms with Crippen LogP contribution in [-0.4, -0.2) is 42.0 Å². The number of fused-ring (bicyclic) bond motifs is 1. The van der Waals surface area contributed by atoms with E-state index in [0.717, 1.165) is 11.0 Å². The van der Waals surface area contributed by atoms with Crippen LogP contribution >= 0.6 is 0 Å². The first kappa shape index (κ1) is 22.3. The number of rotatable bonds is 4. The highest BCUT2D eigenvalue weighted by molar-refractivity contribution is 5.89. The van der Waals surface area contributed by atoms with Gasteiger partial charge in [0.1, 0.15) is 5.75 Å². The van der Waals surface area contributed by atoms with E-state index in [2.05, 4.69) is 0 Å². The van der Waals surface area contributed by atoms with Gasteiger partial charge in [-0.3, -0.25) is 4.79 Å². The van der Waals surface area contributed by atoms with Gasteiger partial charge in [-0.2, -0.15) is 30.7 Å². The fourth-order valence-corrected chi connectivity index (χ4v) is 3.23. The van der Waals surface area contributed by atoms with Crippen LogP contribution in [0.15, 0.2) is 24.3 Å². The predicted molar refractivity (Wildman–Crippen MR) is 85.3 cm³/mol. The molecule has 2 heterocycles. The molecule has 0 radical (unpaired) electrons. The van der Waals surface area contributed by atoms with Gasteiger partial charge in [-0.05, 0) is 37.1 Å². The molecular formula is C18H14F9NO2. The highest BCUT2D eigenvalue weighted by atomic mass is 19.4. The van der Waals surface area contributed by atoms with Crippen molar-refractivity contribution < 1.29 is 49.0 Å². The highest BCUT2D eigenvalue weighted by Crippen LogP contribution is 2.52. The van der Waals surface area contributed by atoms with Gasteiger partial charge in [-0.1, -0.05) is 0 Å². The van der Waals surface area contributed by atoms with Gasteiger partial charge in [0.05, 0.1) is 5.70 Å². The number of amides is 1. The number of halogens is 9. The third-order valence-electron chi connectivity index (χ3n) is 4.82. The van der Waals surface area contributed by atoms with E-state index in [0.29, 0.717) is 25.0 Å². The summed E-state index contributed by atoms with van der Waals surface area (Å²) >= 11 is 0. The molecule has 1 aromatic carbocycles. The molecule has 3 nitrogen and oxygen atoms in total. The van der Waals surface area contributed by atoms with Crippen molar-refractivity contribution in [1.82, 2.24) is 4.90 Å². The van der Waals surface area contributed by atoms with E-state index < -0.39 is 53.3 Å². The molecular weight excluding hydrogens is 433 g/mol. The number of nitrogens with zero attached hydrogens (tertiary/aromatic N) is 1. The Morgan fingerprint density at radius 1 is 1.03 bits per heavy atom. The quantitative estimate of drug-likeness (QED) is 0.582. The molecule has 1 amide bonds. The first-order chi connectivity index (χ1) is 13.8. The summed E-state index contributed by atoms with van der Waals surface area (Å²) in [5.41, 5.74) is -2.44. The zero-order chi connectivity index (χ0) is 22.5. The maximum absolute atomic E-state index is 14.1. The van der Waals surface area contributed by atoms with Crippen molar-refractivity contribution in [2.45, 2.75) is 49.8 Å². The van der Waals surface area contributed by atoms with E-state index in [4.69, 9.17) is 4.74 Å². The second-order valence-electron chi connectivity index (χ2n) is 6.83. The second kappa shape index (κ2) is 7.38. The standard InChI is InChI=1S/C18H14F9NO2/c19-15(20)13-8-11(28-6-2-1-3-14(28)29)10-7-9(4-5-12(10)30-13)16(21,22)17(23,24)18(25,26)27/h4-5,7-8,13,15H,1-3,6H2. The Morgan fingerprint density at radius 2 is 1.70 bits per heavy atom. The fourth-order valence-electron chi connectivity index (χ4n) is 3.23. The Labute approximate surface area is 164 Å². The number of hydrogen-bond acceptors (Lipinski definition) is 2. The summed E-state index contributed by atoms with van der Waals surface area (Å²) in [6.07, 6.45) is -9.69. The lowest BCUT2D eigenvalue weighted by Gasteiger charge is -2.35. The molecule has 1 unspecified atom stereocenters. The molecule has 1 fully saturated rings. The molecule has 3 rings (SSSR count). The molecule has 1 saturated heterocycles. The lowest BCUT2D eigenvalue weighted by Crippen LogP contribution is -2.50. The summed E-state index contributed by atoms with van der Waals surface area (Å²) < 4.78 is 124. The van der Waals surface area contributed by atoms with Gasteiger partial charge in [-0.15, -0.1) is 0 Å². The monoisotopic (exact) mass is 447 g/mol. The summed E-state index contributed by atoms with van der Waals surface area (Å²) in [7, 11) is 0. The van der Waals surface area contributed by atoms with Crippen LogP contribution in [0.2, 0.25) is 0 Å². The van der Waals surface area contributed by atoms with Gasteiger partial charge in [-0.25, -0.2) is 8.78 Å². The molecule has 1 aromatic rings. The number of likely N-dealkylation sites (tertiary alicyclic amines) is 1. The third-order valence-corrected chi connectivity index (χ3v) is 4.82. The van der Waals surface area contributed by atoms with Crippen LogP contribution in [0.1, 0.15) is 30.4 Å². The van der Waals surface area contributed by atoms with Crippen molar-refractivity contribution in [3.05, 3.63) is 35.4 Å². The molecule has 0 aliphatic carbocycles. The number of benzene rings is 1. The fraction of sp³-hybridized carbons (Fsp3) is 0.500. The van der Waals surface area contributed by atoms with Crippen LogP contribution in [0.4, 0.5) is 39.5 Å². The number of ether oxygens (including phenoxy) is 1. The Kier molecular flexibility index (Phi) is 5.48. The number of carbonyl (C=O) groups is 1. The largest absolute Gasteiger partial charge is 0.480 e. The van der Waals surface area contributed by atoms with E-state index >= 15 is 0 Å². The van der Waals surface area contributed by atoms with E-state index in [1.165, 1.54) is 0 Å². The Balaban J connectivity index is 2.11. The normalized spacial score (nSPS) is 20.7. The topological polar surface area (TPSA) is 29.5 Å². The molecule has 0 spiro atoms. The second-order valence-corrected chi connectivity index (χ2v) is 6.83. The molecule has 12 heteroatoms. The third kappa shape index (κ3) is 3.60. The minimum absolute atomic E-state index is 0.0366. The average molecular weight is 447 g/mol. The van der Waals surface area contributed by atoms with Crippen LogP contribution in [-0.2, 0) is 10.7 Å². The SMILES string of the molecule is O=C1CCCCN1C1=CC(C(F)F)Oc2ccc(C(F)(F)C(F)(F)C(F)(F)F)cc21. The van der Waals surface area contributed by atoms with E-state index in [1.807, 2.05) is 0 Å². The van der Waals surface area contributed by atoms with Crippen LogP contribution in [0.5, 0.6) is 5.75 Å². The van der Waals surface area contributed by atoms with Crippen LogP contribution in [0.25, 0.3) is 5.70 Å². The maximum atomic E-state index is 14.1. The predicted octanol–water partition coefficient (Wildman–Crippen LogP) is 5.36. The Bertz CT molecular complexity index is 864. The molecule has 2 aliphatic rings. The summed E-state index contributed by atoms with van der Waals surface area (Å²) in [6, 6.07) is 1.17. The Hall–Kier alpha value is -2.40. The summed E-state index contributed by atoms with van der Waals surface area (Å²) in [5, 5.41) is 0. The van der Waals surface area contributed by atoms with Crippen molar-refractivity contribution in [2.24, 2.45) is 0 Å². The van der Waals surface area contributed by atoms with Crippen molar-refractivity contribution in [2.75, 3.05) is 6.54 Å². The number of carbonyl (C=O) groups excluding carboxylic acids is 1. The lowest BCUT2D eigenvalue weighted by molar-refractivity contribution is -0.359. The number of hydrogen-bond donors (Lipinski definition) is 0. The minimum Gasteiger partial charge on any atom is -0.480 e. The number of piperidine rings is 1.